The molecular weight excluding hydrogens is 200 g/mol. The lowest BCUT2D eigenvalue weighted by Crippen LogP contribution is -1.96. The van der Waals surface area contributed by atoms with E-state index in [2.05, 4.69) is 6.58 Å². The van der Waals surface area contributed by atoms with E-state index in [9.17, 15) is 4.79 Å². The first kappa shape index (κ1) is 10.8. The van der Waals surface area contributed by atoms with E-state index in [1.807, 2.05) is 0 Å². The molecule has 0 aromatic heterocycles. The van der Waals surface area contributed by atoms with E-state index in [-0.39, 0.29) is 0 Å². The summed E-state index contributed by atoms with van der Waals surface area (Å²) >= 11 is 5.62. The Labute approximate surface area is 87.8 Å². The molecule has 14 heavy (non-hydrogen) atoms. The molecule has 0 spiro atoms. The fraction of sp³-hybridized carbons (Fsp3) is 0.182. The molecule has 0 amide bonds. The van der Waals surface area contributed by atoms with Gasteiger partial charge in [0.05, 0.1) is 5.56 Å². The largest absolute Gasteiger partial charge is 0.478 e. The Morgan fingerprint density at radius 2 is 1.93 bits per heavy atom. The highest BCUT2D eigenvalue weighted by Crippen LogP contribution is 2.11. The number of hydrogen-bond donors (Lipinski definition) is 1. The Kier molecular flexibility index (Phi) is 3.72. The van der Waals surface area contributed by atoms with Crippen LogP contribution in [0.4, 0.5) is 0 Å². The molecule has 1 aromatic rings. The summed E-state index contributed by atoms with van der Waals surface area (Å²) in [5.41, 5.74) is 1.37. The molecule has 1 rings (SSSR count). The van der Waals surface area contributed by atoms with Crippen molar-refractivity contribution in [2.75, 3.05) is 0 Å². The number of carbonyl (C=O) groups is 1. The first-order valence-electron chi connectivity index (χ1n) is 4.25. The second-order valence-corrected chi connectivity index (χ2v) is 3.55. The van der Waals surface area contributed by atoms with Gasteiger partial charge in [-0.15, -0.1) is 0 Å². The van der Waals surface area contributed by atoms with Crippen LogP contribution in [0.1, 0.15) is 22.3 Å². The number of rotatable bonds is 4. The standard InChI is InChI=1S/C11H11ClO2/c1-8(12)2-3-9-4-6-10(7-5-9)11(13)14/h4-7H,1-3H2,(H,13,14). The topological polar surface area (TPSA) is 37.3 Å². The van der Waals surface area contributed by atoms with Crippen LogP contribution in [-0.2, 0) is 6.42 Å². The monoisotopic (exact) mass is 210 g/mol. The second-order valence-electron chi connectivity index (χ2n) is 3.02. The summed E-state index contributed by atoms with van der Waals surface area (Å²) in [7, 11) is 0. The minimum atomic E-state index is -0.904. The minimum absolute atomic E-state index is 0.304. The Hall–Kier alpha value is -1.28. The fourth-order valence-electron chi connectivity index (χ4n) is 1.09. The molecule has 3 heteroatoms. The van der Waals surface area contributed by atoms with Crippen molar-refractivity contribution >= 4 is 17.6 Å². The number of aryl methyl sites for hydroxylation is 1. The van der Waals surface area contributed by atoms with Crippen LogP contribution < -0.4 is 0 Å². The normalized spacial score (nSPS) is 9.79. The maximum absolute atomic E-state index is 10.5. The fourth-order valence-corrected chi connectivity index (χ4v) is 1.19. The minimum Gasteiger partial charge on any atom is -0.478 e. The first-order valence-corrected chi connectivity index (χ1v) is 4.63. The number of benzene rings is 1. The van der Waals surface area contributed by atoms with Crippen LogP contribution in [0.3, 0.4) is 0 Å². The zero-order valence-electron chi connectivity index (χ0n) is 7.66. The Morgan fingerprint density at radius 1 is 1.36 bits per heavy atom. The molecule has 0 bridgehead atoms. The molecule has 0 aliphatic rings. The highest BCUT2D eigenvalue weighted by molar-refractivity contribution is 6.29. The van der Waals surface area contributed by atoms with Crippen molar-refractivity contribution in [2.45, 2.75) is 12.8 Å². The maximum Gasteiger partial charge on any atom is 0.335 e. The number of halogens is 1. The molecule has 0 fully saturated rings. The number of hydrogen-bond acceptors (Lipinski definition) is 1. The smallest absolute Gasteiger partial charge is 0.335 e. The quantitative estimate of drug-likeness (QED) is 0.829. The molecule has 0 saturated carbocycles. The van der Waals surface area contributed by atoms with Crippen molar-refractivity contribution in [2.24, 2.45) is 0 Å². The molecule has 0 radical (unpaired) electrons. The van der Waals surface area contributed by atoms with E-state index in [0.717, 1.165) is 12.0 Å². The average Bonchev–Trinajstić information content (AvgIpc) is 2.15. The summed E-state index contributed by atoms with van der Waals surface area (Å²) in [6, 6.07) is 6.77. The van der Waals surface area contributed by atoms with Crippen LogP contribution in [0, 0.1) is 0 Å². The zero-order valence-corrected chi connectivity index (χ0v) is 8.42. The summed E-state index contributed by atoms with van der Waals surface area (Å²) in [5.74, 6) is -0.904. The van der Waals surface area contributed by atoms with Crippen molar-refractivity contribution in [1.29, 1.82) is 0 Å². The van der Waals surface area contributed by atoms with Crippen LogP contribution in [0.2, 0.25) is 0 Å². The zero-order chi connectivity index (χ0) is 10.6. The predicted molar refractivity (Wildman–Crippen MR) is 56.7 cm³/mol. The molecule has 1 aromatic carbocycles. The lowest BCUT2D eigenvalue weighted by Gasteiger charge is -2.00. The van der Waals surface area contributed by atoms with Crippen molar-refractivity contribution in [1.82, 2.24) is 0 Å². The Bertz CT molecular complexity index is 341. The molecule has 2 nitrogen and oxygen atoms in total. The van der Waals surface area contributed by atoms with Gasteiger partial charge in [-0.2, -0.15) is 0 Å². The Morgan fingerprint density at radius 3 is 2.36 bits per heavy atom. The molecule has 0 saturated heterocycles. The van der Waals surface area contributed by atoms with Crippen LogP contribution in [0.15, 0.2) is 35.9 Å². The summed E-state index contributed by atoms with van der Waals surface area (Å²) in [6.45, 7) is 3.59. The third kappa shape index (κ3) is 3.23. The van der Waals surface area contributed by atoms with Gasteiger partial charge in [-0.1, -0.05) is 30.3 Å². The molecule has 0 aliphatic carbocycles. The lowest BCUT2D eigenvalue weighted by molar-refractivity contribution is 0.0697. The SMILES string of the molecule is C=C(Cl)CCc1ccc(C(=O)O)cc1. The first-order chi connectivity index (χ1) is 6.59. The molecular formula is C11H11ClO2. The molecule has 74 valence electrons. The number of carboxylic acid groups (broad SMARTS) is 1. The highest BCUT2D eigenvalue weighted by Gasteiger charge is 2.01. The summed E-state index contributed by atoms with van der Waals surface area (Å²) in [6.07, 6.45) is 1.51. The molecule has 1 N–H and O–H groups in total. The highest BCUT2D eigenvalue weighted by atomic mass is 35.5. The van der Waals surface area contributed by atoms with E-state index >= 15 is 0 Å². The maximum atomic E-state index is 10.5. The molecule has 0 atom stereocenters. The van der Waals surface area contributed by atoms with Gasteiger partial charge in [0.2, 0.25) is 0 Å². The predicted octanol–water partition coefficient (Wildman–Crippen LogP) is 3.07. The van der Waals surface area contributed by atoms with Crippen LogP contribution in [0.5, 0.6) is 0 Å². The Balaban J connectivity index is 2.64. The number of aromatic carboxylic acids is 1. The van der Waals surface area contributed by atoms with Crippen molar-refractivity contribution < 1.29 is 9.90 Å². The van der Waals surface area contributed by atoms with E-state index in [1.54, 1.807) is 24.3 Å². The number of allylic oxidation sites excluding steroid dienone is 1. The van der Waals surface area contributed by atoms with Gasteiger partial charge in [-0.3, -0.25) is 0 Å². The third-order valence-electron chi connectivity index (χ3n) is 1.89. The molecule has 0 aliphatic heterocycles. The van der Waals surface area contributed by atoms with Crippen molar-refractivity contribution in [3.8, 4) is 0 Å². The van der Waals surface area contributed by atoms with E-state index in [0.29, 0.717) is 17.0 Å². The summed E-state index contributed by atoms with van der Waals surface area (Å²) in [4.78, 5) is 10.5. The van der Waals surface area contributed by atoms with Crippen LogP contribution in [-0.4, -0.2) is 11.1 Å². The summed E-state index contributed by atoms with van der Waals surface area (Å²) < 4.78 is 0. The van der Waals surface area contributed by atoms with Gasteiger partial charge in [0.25, 0.3) is 0 Å². The van der Waals surface area contributed by atoms with Gasteiger partial charge in [-0.25, -0.2) is 4.79 Å². The van der Waals surface area contributed by atoms with Gasteiger partial charge in [-0.05, 0) is 30.5 Å². The van der Waals surface area contributed by atoms with Gasteiger partial charge in [0, 0.05) is 5.03 Å². The van der Waals surface area contributed by atoms with E-state index < -0.39 is 5.97 Å². The van der Waals surface area contributed by atoms with Gasteiger partial charge >= 0.3 is 5.97 Å². The van der Waals surface area contributed by atoms with E-state index in [4.69, 9.17) is 16.7 Å². The third-order valence-corrected chi connectivity index (χ3v) is 2.07. The lowest BCUT2D eigenvalue weighted by atomic mass is 10.1. The second kappa shape index (κ2) is 4.82. The van der Waals surface area contributed by atoms with Gasteiger partial charge in [0.1, 0.15) is 0 Å². The molecule has 0 heterocycles. The van der Waals surface area contributed by atoms with Crippen LogP contribution >= 0.6 is 11.6 Å². The van der Waals surface area contributed by atoms with Crippen molar-refractivity contribution in [3.63, 3.8) is 0 Å². The van der Waals surface area contributed by atoms with Gasteiger partial charge < -0.3 is 5.11 Å². The van der Waals surface area contributed by atoms with Crippen LogP contribution in [0.25, 0.3) is 0 Å². The molecule has 0 unspecified atom stereocenters. The summed E-state index contributed by atoms with van der Waals surface area (Å²) in [5, 5.41) is 9.28. The van der Waals surface area contributed by atoms with E-state index in [1.165, 1.54) is 0 Å². The van der Waals surface area contributed by atoms with Gasteiger partial charge in [0.15, 0.2) is 0 Å². The number of carboxylic acids is 1. The average molecular weight is 211 g/mol. The van der Waals surface area contributed by atoms with Crippen molar-refractivity contribution in [3.05, 3.63) is 47.0 Å².